The highest BCUT2D eigenvalue weighted by atomic mass is 16.5. The van der Waals surface area contributed by atoms with Crippen molar-refractivity contribution in [3.63, 3.8) is 0 Å². The van der Waals surface area contributed by atoms with Crippen LogP contribution in [0.5, 0.6) is 5.75 Å². The number of para-hydroxylation sites is 1. The first-order valence-corrected chi connectivity index (χ1v) is 9.03. The van der Waals surface area contributed by atoms with Crippen LogP contribution in [0.3, 0.4) is 0 Å². The predicted octanol–water partition coefficient (Wildman–Crippen LogP) is 5.26. The molecule has 0 amide bonds. The fourth-order valence-electron chi connectivity index (χ4n) is 2.70. The molecule has 2 aromatic rings. The number of anilines is 2. The Morgan fingerprint density at radius 1 is 0.958 bits per heavy atom. The van der Waals surface area contributed by atoms with Gasteiger partial charge in [-0.3, -0.25) is 0 Å². The number of benzene rings is 2. The summed E-state index contributed by atoms with van der Waals surface area (Å²) in [7, 11) is 0. The van der Waals surface area contributed by atoms with E-state index in [1.54, 1.807) is 0 Å². The van der Waals surface area contributed by atoms with Crippen LogP contribution in [0.25, 0.3) is 0 Å². The molecule has 0 heterocycles. The van der Waals surface area contributed by atoms with Gasteiger partial charge < -0.3 is 15.4 Å². The number of aryl methyl sites for hydroxylation is 2. The zero-order chi connectivity index (χ0) is 17.2. The predicted molar refractivity (Wildman–Crippen MR) is 104 cm³/mol. The summed E-state index contributed by atoms with van der Waals surface area (Å²) in [4.78, 5) is 0. The lowest BCUT2D eigenvalue weighted by atomic mass is 10.1. The van der Waals surface area contributed by atoms with Gasteiger partial charge in [-0.15, -0.1) is 0 Å². The van der Waals surface area contributed by atoms with E-state index in [2.05, 4.69) is 61.7 Å². The van der Waals surface area contributed by atoms with Gasteiger partial charge in [-0.25, -0.2) is 0 Å². The molecule has 2 N–H and O–H groups in total. The van der Waals surface area contributed by atoms with E-state index in [1.165, 1.54) is 16.8 Å². The van der Waals surface area contributed by atoms with Crippen molar-refractivity contribution in [2.24, 2.45) is 0 Å². The molecule has 0 aliphatic carbocycles. The fraction of sp³-hybridized carbons (Fsp3) is 0.429. The third-order valence-corrected chi connectivity index (χ3v) is 4.10. The zero-order valence-corrected chi connectivity index (χ0v) is 15.2. The highest BCUT2D eigenvalue weighted by molar-refractivity contribution is 5.57. The summed E-state index contributed by atoms with van der Waals surface area (Å²) >= 11 is 0. The van der Waals surface area contributed by atoms with Gasteiger partial charge in [-0.05, 0) is 43.0 Å². The van der Waals surface area contributed by atoms with Crippen molar-refractivity contribution >= 4 is 11.4 Å². The van der Waals surface area contributed by atoms with Crippen molar-refractivity contribution in [1.82, 2.24) is 0 Å². The van der Waals surface area contributed by atoms with Crippen LogP contribution in [-0.4, -0.2) is 19.7 Å². The molecule has 0 unspecified atom stereocenters. The number of rotatable bonds is 10. The molecule has 24 heavy (non-hydrogen) atoms. The van der Waals surface area contributed by atoms with E-state index < -0.39 is 0 Å². The first kappa shape index (κ1) is 18.2. The minimum atomic E-state index is 0.786. The van der Waals surface area contributed by atoms with Crippen molar-refractivity contribution in [3.8, 4) is 5.75 Å². The van der Waals surface area contributed by atoms with Crippen LogP contribution in [-0.2, 0) is 6.42 Å². The molecule has 130 valence electrons. The maximum absolute atomic E-state index is 5.75. The molecule has 0 saturated carbocycles. The summed E-state index contributed by atoms with van der Waals surface area (Å²) in [6, 6.07) is 14.7. The van der Waals surface area contributed by atoms with Gasteiger partial charge in [0.1, 0.15) is 5.75 Å². The molecule has 2 aromatic carbocycles. The lowest BCUT2D eigenvalue weighted by Gasteiger charge is -2.15. The van der Waals surface area contributed by atoms with Crippen molar-refractivity contribution in [2.75, 3.05) is 30.3 Å². The monoisotopic (exact) mass is 326 g/mol. The third kappa shape index (κ3) is 5.48. The first-order chi connectivity index (χ1) is 11.7. The van der Waals surface area contributed by atoms with Crippen molar-refractivity contribution in [2.45, 2.75) is 40.0 Å². The first-order valence-electron chi connectivity index (χ1n) is 9.03. The molecule has 0 radical (unpaired) electrons. The molecule has 0 fully saturated rings. The quantitative estimate of drug-likeness (QED) is 0.584. The molecule has 0 saturated heterocycles. The molecule has 0 aliphatic rings. The van der Waals surface area contributed by atoms with Crippen LogP contribution in [0, 0.1) is 6.92 Å². The molecule has 0 aliphatic heterocycles. The Morgan fingerprint density at radius 2 is 1.75 bits per heavy atom. The van der Waals surface area contributed by atoms with E-state index in [-0.39, 0.29) is 0 Å². The summed E-state index contributed by atoms with van der Waals surface area (Å²) in [6.45, 7) is 9.07. The molecular formula is C21H30N2O. The Kier molecular flexibility index (Phi) is 7.47. The number of unbranched alkanes of at least 4 members (excludes halogenated alkanes) is 1. The molecule has 2 rings (SSSR count). The van der Waals surface area contributed by atoms with E-state index >= 15 is 0 Å². The number of hydrogen-bond acceptors (Lipinski definition) is 3. The molecule has 0 spiro atoms. The Hall–Kier alpha value is -2.16. The number of ether oxygens (including phenoxy) is 1. The smallest absolute Gasteiger partial charge is 0.121 e. The maximum Gasteiger partial charge on any atom is 0.121 e. The van der Waals surface area contributed by atoms with Gasteiger partial charge in [0.2, 0.25) is 0 Å². The van der Waals surface area contributed by atoms with Crippen molar-refractivity contribution in [1.29, 1.82) is 0 Å². The summed E-state index contributed by atoms with van der Waals surface area (Å²) in [5.41, 5.74) is 5.06. The topological polar surface area (TPSA) is 33.3 Å². The molecular weight excluding hydrogens is 296 g/mol. The second kappa shape index (κ2) is 9.86. The minimum Gasteiger partial charge on any atom is -0.494 e. The largest absolute Gasteiger partial charge is 0.494 e. The van der Waals surface area contributed by atoms with Gasteiger partial charge in [0, 0.05) is 30.5 Å². The number of hydrogen-bond donors (Lipinski definition) is 2. The third-order valence-electron chi connectivity index (χ3n) is 4.10. The lowest BCUT2D eigenvalue weighted by molar-refractivity contribution is 0.309. The Balaban J connectivity index is 1.81. The Morgan fingerprint density at radius 3 is 2.54 bits per heavy atom. The van der Waals surface area contributed by atoms with E-state index in [1.807, 2.05) is 12.1 Å². The molecule has 3 heteroatoms. The molecule has 0 bridgehead atoms. The van der Waals surface area contributed by atoms with Crippen LogP contribution >= 0.6 is 0 Å². The molecule has 0 aromatic heterocycles. The Bertz CT molecular complexity index is 625. The van der Waals surface area contributed by atoms with Crippen LogP contribution in [0.1, 0.15) is 37.8 Å². The summed E-state index contributed by atoms with van der Waals surface area (Å²) in [6.07, 6.45) is 3.30. The summed E-state index contributed by atoms with van der Waals surface area (Å²) in [5.74, 6) is 0.939. The van der Waals surface area contributed by atoms with Gasteiger partial charge in [0.05, 0.1) is 6.61 Å². The van der Waals surface area contributed by atoms with Gasteiger partial charge in [-0.1, -0.05) is 44.5 Å². The minimum absolute atomic E-state index is 0.786. The standard InChI is InChI=1S/C21H30N2O/c1-4-6-15-24-20-12-8-11-19(16-20)22-13-14-23-21-17(3)9-7-10-18(21)5-2/h7-12,16,22-23H,4-6,13-15H2,1-3H3. The fourth-order valence-corrected chi connectivity index (χ4v) is 2.70. The van der Waals surface area contributed by atoms with Crippen LogP contribution < -0.4 is 15.4 Å². The van der Waals surface area contributed by atoms with Gasteiger partial charge >= 0.3 is 0 Å². The molecule has 3 nitrogen and oxygen atoms in total. The normalized spacial score (nSPS) is 10.5. The zero-order valence-electron chi connectivity index (χ0n) is 15.2. The van der Waals surface area contributed by atoms with Crippen LogP contribution in [0.4, 0.5) is 11.4 Å². The van der Waals surface area contributed by atoms with Crippen molar-refractivity contribution < 1.29 is 4.74 Å². The van der Waals surface area contributed by atoms with E-state index in [9.17, 15) is 0 Å². The van der Waals surface area contributed by atoms with Gasteiger partial charge in [-0.2, -0.15) is 0 Å². The summed E-state index contributed by atoms with van der Waals surface area (Å²) < 4.78 is 5.75. The SMILES string of the molecule is CCCCOc1cccc(NCCNc2c(C)cccc2CC)c1. The van der Waals surface area contributed by atoms with Crippen LogP contribution in [0.2, 0.25) is 0 Å². The average molecular weight is 326 g/mol. The van der Waals surface area contributed by atoms with Crippen LogP contribution in [0.15, 0.2) is 42.5 Å². The second-order valence-electron chi connectivity index (χ2n) is 6.05. The van der Waals surface area contributed by atoms with E-state index in [0.29, 0.717) is 0 Å². The van der Waals surface area contributed by atoms with Gasteiger partial charge in [0.25, 0.3) is 0 Å². The lowest BCUT2D eigenvalue weighted by Crippen LogP contribution is -2.15. The highest BCUT2D eigenvalue weighted by Crippen LogP contribution is 2.21. The van der Waals surface area contributed by atoms with E-state index in [4.69, 9.17) is 4.74 Å². The summed E-state index contributed by atoms with van der Waals surface area (Å²) in [5, 5.41) is 7.03. The maximum atomic E-state index is 5.75. The van der Waals surface area contributed by atoms with E-state index in [0.717, 1.165) is 50.4 Å². The van der Waals surface area contributed by atoms with Gasteiger partial charge in [0.15, 0.2) is 0 Å². The highest BCUT2D eigenvalue weighted by Gasteiger charge is 2.03. The Labute approximate surface area is 146 Å². The number of nitrogens with one attached hydrogen (secondary N) is 2. The average Bonchev–Trinajstić information content (AvgIpc) is 2.60. The second-order valence-corrected chi connectivity index (χ2v) is 6.05. The van der Waals surface area contributed by atoms with Crippen molar-refractivity contribution in [3.05, 3.63) is 53.6 Å². The molecule has 0 atom stereocenters.